The van der Waals surface area contributed by atoms with Crippen molar-refractivity contribution in [3.05, 3.63) is 71.8 Å². The Morgan fingerprint density at radius 2 is 1.43 bits per heavy atom. The van der Waals surface area contributed by atoms with Gasteiger partial charge in [0.15, 0.2) is 0 Å². The Hall–Kier alpha value is -1.38. The van der Waals surface area contributed by atoms with Crippen LogP contribution in [0.2, 0.25) is 0 Å². The van der Waals surface area contributed by atoms with E-state index in [1.54, 1.807) is 0 Å². The van der Waals surface area contributed by atoms with Gasteiger partial charge in [-0.3, -0.25) is 0 Å². The molecular formula is C20H23ClFN. The third kappa shape index (κ3) is 2.58. The Morgan fingerprint density at radius 1 is 0.870 bits per heavy atom. The number of halogens is 2. The number of hydrogen-bond donors (Lipinski definition) is 1. The molecule has 0 spiro atoms. The first-order valence-corrected chi connectivity index (χ1v) is 8.28. The van der Waals surface area contributed by atoms with Crippen LogP contribution in [0.15, 0.2) is 60.7 Å². The van der Waals surface area contributed by atoms with Gasteiger partial charge in [-0.15, -0.1) is 12.4 Å². The van der Waals surface area contributed by atoms with Gasteiger partial charge in [0.25, 0.3) is 0 Å². The minimum Gasteiger partial charge on any atom is -0.316 e. The zero-order chi connectivity index (χ0) is 15.0. The van der Waals surface area contributed by atoms with E-state index in [1.165, 1.54) is 11.1 Å². The van der Waals surface area contributed by atoms with Gasteiger partial charge in [-0.1, -0.05) is 60.7 Å². The molecule has 1 saturated carbocycles. The van der Waals surface area contributed by atoms with Crippen LogP contribution in [0.1, 0.15) is 24.0 Å². The Bertz CT molecular complexity index is 591. The van der Waals surface area contributed by atoms with E-state index in [9.17, 15) is 4.39 Å². The highest BCUT2D eigenvalue weighted by atomic mass is 35.5. The summed E-state index contributed by atoms with van der Waals surface area (Å²) in [7, 11) is 0. The summed E-state index contributed by atoms with van der Waals surface area (Å²) in [6.45, 7) is 1.72. The molecule has 3 heteroatoms. The van der Waals surface area contributed by atoms with Crippen LogP contribution in [-0.2, 0) is 5.41 Å². The lowest BCUT2D eigenvalue weighted by Gasteiger charge is -2.47. The molecule has 0 aromatic heterocycles. The average molecular weight is 332 g/mol. The molecule has 122 valence electrons. The van der Waals surface area contributed by atoms with Crippen LogP contribution < -0.4 is 5.32 Å². The number of hydrogen-bond acceptors (Lipinski definition) is 1. The number of fused-ring (bicyclic) bond motifs is 1. The largest absolute Gasteiger partial charge is 0.316 e. The van der Waals surface area contributed by atoms with Crippen molar-refractivity contribution in [3.8, 4) is 0 Å². The van der Waals surface area contributed by atoms with Crippen molar-refractivity contribution in [2.75, 3.05) is 13.1 Å². The third-order valence-corrected chi connectivity index (χ3v) is 5.75. The lowest BCUT2D eigenvalue weighted by Crippen LogP contribution is -2.47. The fraction of sp³-hybridized carbons (Fsp3) is 0.400. The van der Waals surface area contributed by atoms with E-state index < -0.39 is 6.17 Å². The summed E-state index contributed by atoms with van der Waals surface area (Å²) in [6.07, 6.45) is 0.887. The molecular weight excluding hydrogens is 309 g/mol. The average Bonchev–Trinajstić information content (AvgIpc) is 3.08. The molecule has 1 aliphatic carbocycles. The second kappa shape index (κ2) is 6.62. The summed E-state index contributed by atoms with van der Waals surface area (Å²) in [5.41, 5.74) is 2.62. The van der Waals surface area contributed by atoms with Gasteiger partial charge in [0, 0.05) is 17.9 Å². The van der Waals surface area contributed by atoms with Crippen LogP contribution in [-0.4, -0.2) is 19.3 Å². The lowest BCUT2D eigenvalue weighted by molar-refractivity contribution is 0.0883. The van der Waals surface area contributed by atoms with Crippen molar-refractivity contribution in [1.82, 2.24) is 5.32 Å². The van der Waals surface area contributed by atoms with Gasteiger partial charge in [0.1, 0.15) is 6.17 Å². The third-order valence-electron chi connectivity index (χ3n) is 5.75. The molecule has 1 N–H and O–H groups in total. The molecule has 2 aliphatic rings. The molecule has 0 unspecified atom stereocenters. The molecule has 2 aromatic rings. The molecule has 0 bridgehead atoms. The van der Waals surface area contributed by atoms with Gasteiger partial charge in [0.05, 0.1) is 0 Å². The van der Waals surface area contributed by atoms with Crippen LogP contribution in [0, 0.1) is 11.8 Å². The minimum absolute atomic E-state index is 0. The summed E-state index contributed by atoms with van der Waals surface area (Å²) in [4.78, 5) is 0. The molecule has 4 rings (SSSR count). The topological polar surface area (TPSA) is 12.0 Å². The molecule has 23 heavy (non-hydrogen) atoms. The summed E-state index contributed by atoms with van der Waals surface area (Å²) in [5.74, 6) is 0.468. The van der Waals surface area contributed by atoms with Crippen LogP contribution >= 0.6 is 12.4 Å². The van der Waals surface area contributed by atoms with Gasteiger partial charge in [-0.2, -0.15) is 0 Å². The monoisotopic (exact) mass is 331 g/mol. The van der Waals surface area contributed by atoms with Crippen molar-refractivity contribution in [2.24, 2.45) is 11.8 Å². The Balaban J connectivity index is 0.00000156. The van der Waals surface area contributed by atoms with Crippen LogP contribution in [0.3, 0.4) is 0 Å². The molecule has 1 heterocycles. The molecule has 1 aliphatic heterocycles. The van der Waals surface area contributed by atoms with Gasteiger partial charge in [-0.05, 0) is 36.4 Å². The van der Waals surface area contributed by atoms with Gasteiger partial charge < -0.3 is 5.32 Å². The van der Waals surface area contributed by atoms with Gasteiger partial charge >= 0.3 is 0 Å². The minimum atomic E-state index is -0.666. The summed E-state index contributed by atoms with van der Waals surface area (Å²) >= 11 is 0. The van der Waals surface area contributed by atoms with E-state index in [0.29, 0.717) is 12.3 Å². The normalized spacial score (nSPS) is 28.7. The first-order valence-electron chi connectivity index (χ1n) is 8.28. The number of rotatable bonds is 2. The van der Waals surface area contributed by atoms with Crippen molar-refractivity contribution in [3.63, 3.8) is 0 Å². The van der Waals surface area contributed by atoms with E-state index in [-0.39, 0.29) is 23.7 Å². The zero-order valence-corrected chi connectivity index (χ0v) is 13.9. The highest BCUT2D eigenvalue weighted by Crippen LogP contribution is 2.52. The van der Waals surface area contributed by atoms with E-state index in [4.69, 9.17) is 0 Å². The predicted molar refractivity (Wildman–Crippen MR) is 94.9 cm³/mol. The first kappa shape index (κ1) is 16.5. The highest BCUT2D eigenvalue weighted by Gasteiger charge is 2.52. The molecule has 1 nitrogen and oxygen atoms in total. The van der Waals surface area contributed by atoms with Crippen molar-refractivity contribution in [2.45, 2.75) is 24.4 Å². The van der Waals surface area contributed by atoms with Crippen molar-refractivity contribution in [1.29, 1.82) is 0 Å². The van der Waals surface area contributed by atoms with E-state index in [0.717, 1.165) is 19.5 Å². The summed E-state index contributed by atoms with van der Waals surface area (Å²) in [6, 6.07) is 21.5. The summed E-state index contributed by atoms with van der Waals surface area (Å²) in [5, 5.41) is 3.45. The maximum Gasteiger partial charge on any atom is 0.105 e. The lowest BCUT2D eigenvalue weighted by atomic mass is 9.56. The zero-order valence-electron chi connectivity index (χ0n) is 13.1. The number of alkyl halides is 1. The Kier molecular flexibility index (Phi) is 4.74. The van der Waals surface area contributed by atoms with E-state index >= 15 is 0 Å². The predicted octanol–water partition coefficient (Wildman–Crippen LogP) is 4.36. The first-order chi connectivity index (χ1) is 10.8. The Morgan fingerprint density at radius 3 is 2.00 bits per heavy atom. The molecule has 2 fully saturated rings. The Labute approximate surface area is 143 Å². The molecule has 2 aromatic carbocycles. The second-order valence-corrected chi connectivity index (χ2v) is 6.69. The standard InChI is InChI=1S/C20H22FN.ClH/c21-19-11-12-20(15-7-3-1-4-8-15,16-9-5-2-6-10-16)18-14-22-13-17(18)19;/h1-10,17-19,22H,11-14H2;1H/t17-,18+,19-;/m0./s1. The van der Waals surface area contributed by atoms with Crippen LogP contribution in [0.5, 0.6) is 0 Å². The van der Waals surface area contributed by atoms with Crippen molar-refractivity contribution < 1.29 is 4.39 Å². The van der Waals surface area contributed by atoms with Crippen LogP contribution in [0.4, 0.5) is 4.39 Å². The molecule has 3 atom stereocenters. The fourth-order valence-corrected chi connectivity index (χ4v) is 4.74. The van der Waals surface area contributed by atoms with Crippen LogP contribution in [0.25, 0.3) is 0 Å². The van der Waals surface area contributed by atoms with Gasteiger partial charge in [0.2, 0.25) is 0 Å². The van der Waals surface area contributed by atoms with E-state index in [2.05, 4.69) is 66.0 Å². The number of benzene rings is 2. The maximum absolute atomic E-state index is 14.5. The SMILES string of the molecule is Cl.F[C@H]1CCC(c2ccccc2)(c2ccccc2)[C@@H]2CNC[C@@H]21. The smallest absolute Gasteiger partial charge is 0.105 e. The summed E-state index contributed by atoms with van der Waals surface area (Å²) < 4.78 is 14.5. The molecule has 0 amide bonds. The molecule has 0 radical (unpaired) electrons. The fourth-order valence-electron chi connectivity index (χ4n) is 4.74. The molecule has 1 saturated heterocycles. The quantitative estimate of drug-likeness (QED) is 0.862. The number of nitrogens with one attached hydrogen (secondary N) is 1. The maximum atomic E-state index is 14.5. The van der Waals surface area contributed by atoms with Gasteiger partial charge in [-0.25, -0.2) is 4.39 Å². The highest BCUT2D eigenvalue weighted by molar-refractivity contribution is 5.85. The van der Waals surface area contributed by atoms with Crippen molar-refractivity contribution >= 4 is 12.4 Å². The van der Waals surface area contributed by atoms with E-state index in [1.807, 2.05) is 0 Å². The second-order valence-electron chi connectivity index (χ2n) is 6.69.